The van der Waals surface area contributed by atoms with Gasteiger partial charge in [-0.1, -0.05) is 6.92 Å². The second-order valence-electron chi connectivity index (χ2n) is 8.15. The molecule has 2 aromatic heterocycles. The summed E-state index contributed by atoms with van der Waals surface area (Å²) >= 11 is 1.68. The van der Waals surface area contributed by atoms with Crippen LogP contribution in [0.5, 0.6) is 17.4 Å². The minimum Gasteiger partial charge on any atom is -0.493 e. The number of benzene rings is 1. The van der Waals surface area contributed by atoms with Crippen LogP contribution in [-0.4, -0.2) is 36.5 Å². The number of likely N-dealkylation sites (tertiary alicyclic amines) is 1. The molecule has 1 aliphatic heterocycles. The molecule has 4 rings (SSSR count). The zero-order valence-corrected chi connectivity index (χ0v) is 18.8. The number of nitrogens with one attached hydrogen (secondary N) is 1. The molecule has 1 fully saturated rings. The van der Waals surface area contributed by atoms with Gasteiger partial charge in [0.15, 0.2) is 17.3 Å². The van der Waals surface area contributed by atoms with Crippen LogP contribution in [0.2, 0.25) is 0 Å². The Hall–Kier alpha value is -2.51. The molecule has 0 spiro atoms. The van der Waals surface area contributed by atoms with Gasteiger partial charge in [0.05, 0.1) is 25.6 Å². The van der Waals surface area contributed by atoms with E-state index in [1.807, 2.05) is 0 Å². The molecular formula is C23H28N3O3S+. The number of carbonyl (C=O) groups is 1. The van der Waals surface area contributed by atoms with E-state index in [4.69, 9.17) is 19.4 Å². The number of nitrogens with zero attached hydrogens (tertiary/aromatic N) is 2. The average Bonchev–Trinajstić information content (AvgIpc) is 3.03. The average molecular weight is 427 g/mol. The molecule has 0 unspecified atom stereocenters. The highest BCUT2D eigenvalue weighted by Crippen LogP contribution is 2.39. The maximum absolute atomic E-state index is 11.1. The van der Waals surface area contributed by atoms with E-state index in [2.05, 4.69) is 20.8 Å². The summed E-state index contributed by atoms with van der Waals surface area (Å²) < 4.78 is 11.7. The largest absolute Gasteiger partial charge is 0.493 e. The van der Waals surface area contributed by atoms with Crippen LogP contribution < -0.4 is 14.4 Å². The van der Waals surface area contributed by atoms with Crippen molar-refractivity contribution in [3.63, 3.8) is 0 Å². The molecule has 0 radical (unpaired) electrons. The summed E-state index contributed by atoms with van der Waals surface area (Å²) in [5.74, 6) is 3.22. The number of thiophene rings is 1. The normalized spacial score (nSPS) is 19.1. The van der Waals surface area contributed by atoms with Crippen molar-refractivity contribution in [3.05, 3.63) is 40.0 Å². The first-order valence-electron chi connectivity index (χ1n) is 10.4. The molecule has 0 amide bonds. The van der Waals surface area contributed by atoms with Gasteiger partial charge in [0.2, 0.25) is 5.88 Å². The number of aryl methyl sites for hydroxylation is 2. The summed E-state index contributed by atoms with van der Waals surface area (Å²) in [4.78, 5) is 24.5. The highest BCUT2D eigenvalue weighted by Gasteiger charge is 2.23. The number of quaternary nitrogens is 1. The number of carbonyl (C=O) groups excluding carboxylic acids is 1. The number of hydrogen-bond acceptors (Lipinski definition) is 6. The lowest BCUT2D eigenvalue weighted by molar-refractivity contribution is -0.920. The molecule has 0 aliphatic carbocycles. The third-order valence-electron chi connectivity index (χ3n) is 5.96. The number of piperidine rings is 1. The number of ether oxygens (including phenoxy) is 2. The highest BCUT2D eigenvalue weighted by molar-refractivity contribution is 7.18. The van der Waals surface area contributed by atoms with Gasteiger partial charge in [0, 0.05) is 10.4 Å². The molecule has 0 saturated carbocycles. The van der Waals surface area contributed by atoms with Crippen LogP contribution in [0.15, 0.2) is 18.2 Å². The maximum Gasteiger partial charge on any atom is 0.232 e. The Morgan fingerprint density at radius 1 is 1.20 bits per heavy atom. The van der Waals surface area contributed by atoms with Gasteiger partial charge in [-0.3, -0.25) is 4.79 Å². The molecule has 0 bridgehead atoms. The van der Waals surface area contributed by atoms with Crippen LogP contribution >= 0.6 is 11.3 Å². The zero-order chi connectivity index (χ0) is 21.3. The lowest BCUT2D eigenvalue weighted by Gasteiger charge is -2.26. The lowest BCUT2D eigenvalue weighted by atomic mass is 9.99. The molecule has 158 valence electrons. The van der Waals surface area contributed by atoms with Crippen molar-refractivity contribution >= 4 is 27.8 Å². The third kappa shape index (κ3) is 4.18. The van der Waals surface area contributed by atoms with E-state index in [-0.39, 0.29) is 0 Å². The first kappa shape index (κ1) is 20.8. The van der Waals surface area contributed by atoms with Gasteiger partial charge in [0.25, 0.3) is 0 Å². The van der Waals surface area contributed by atoms with Crippen LogP contribution in [0.4, 0.5) is 0 Å². The van der Waals surface area contributed by atoms with Gasteiger partial charge in [-0.05, 0) is 56.4 Å². The van der Waals surface area contributed by atoms with Gasteiger partial charge >= 0.3 is 0 Å². The van der Waals surface area contributed by atoms with Gasteiger partial charge in [-0.2, -0.15) is 4.98 Å². The minimum absolute atomic E-state index is 0.508. The molecule has 6 nitrogen and oxygen atoms in total. The van der Waals surface area contributed by atoms with Gasteiger partial charge in [-0.15, -0.1) is 11.3 Å². The molecule has 1 aliphatic rings. The molecule has 3 heterocycles. The Morgan fingerprint density at radius 2 is 1.97 bits per heavy atom. The summed E-state index contributed by atoms with van der Waals surface area (Å²) in [6, 6.07) is 5.14. The SMILES string of the molecule is COc1cc(C=O)ccc1Oc1nc(C[NH+]2CCC(C)CC2)nc2sc(C)c(C)c12. The Labute approximate surface area is 180 Å². The van der Waals surface area contributed by atoms with E-state index >= 15 is 0 Å². The lowest BCUT2D eigenvalue weighted by Crippen LogP contribution is -3.11. The van der Waals surface area contributed by atoms with Crippen LogP contribution in [0.1, 0.15) is 46.4 Å². The standard InChI is InChI=1S/C23H27N3O3S/c1-14-7-9-26(10-8-14)12-20-24-22(21-15(2)16(3)30-23(21)25-20)29-18-6-5-17(13-27)11-19(18)28-4/h5-6,11,13-14H,7-10,12H2,1-4H3/p+1. The van der Waals surface area contributed by atoms with E-state index in [1.54, 1.807) is 36.6 Å². The Balaban J connectivity index is 1.71. The predicted octanol–water partition coefficient (Wildman–Crippen LogP) is 3.74. The van der Waals surface area contributed by atoms with Crippen molar-refractivity contribution in [1.29, 1.82) is 0 Å². The molecule has 3 aromatic rings. The van der Waals surface area contributed by atoms with E-state index in [9.17, 15) is 4.79 Å². The summed E-state index contributed by atoms with van der Waals surface area (Å²) in [5, 5.41) is 0.949. The van der Waals surface area contributed by atoms with E-state index in [0.717, 1.165) is 53.4 Å². The molecule has 30 heavy (non-hydrogen) atoms. The van der Waals surface area contributed by atoms with Crippen molar-refractivity contribution in [1.82, 2.24) is 9.97 Å². The van der Waals surface area contributed by atoms with E-state index < -0.39 is 0 Å². The van der Waals surface area contributed by atoms with Crippen molar-refractivity contribution < 1.29 is 19.2 Å². The summed E-state index contributed by atoms with van der Waals surface area (Å²) in [6.45, 7) is 9.61. The fraction of sp³-hybridized carbons (Fsp3) is 0.435. The summed E-state index contributed by atoms with van der Waals surface area (Å²) in [7, 11) is 1.57. The minimum atomic E-state index is 0.508. The van der Waals surface area contributed by atoms with Crippen LogP contribution in [0, 0.1) is 19.8 Å². The zero-order valence-electron chi connectivity index (χ0n) is 17.9. The fourth-order valence-corrected chi connectivity index (χ4v) is 4.96. The van der Waals surface area contributed by atoms with Crippen molar-refractivity contribution in [3.8, 4) is 17.4 Å². The molecule has 7 heteroatoms. The molecule has 1 saturated heterocycles. The quantitative estimate of drug-likeness (QED) is 0.609. The third-order valence-corrected chi connectivity index (χ3v) is 7.06. The first-order chi connectivity index (χ1) is 14.5. The number of methoxy groups -OCH3 is 1. The number of fused-ring (bicyclic) bond motifs is 1. The number of rotatable bonds is 6. The Kier molecular flexibility index (Phi) is 6.01. The van der Waals surface area contributed by atoms with E-state index in [1.165, 1.54) is 22.6 Å². The summed E-state index contributed by atoms with van der Waals surface area (Å²) in [5.41, 5.74) is 1.68. The van der Waals surface area contributed by atoms with Gasteiger partial charge in [0.1, 0.15) is 17.7 Å². The number of aldehydes is 1. The molecule has 0 atom stereocenters. The van der Waals surface area contributed by atoms with Gasteiger partial charge in [-0.25, -0.2) is 4.98 Å². The molecular weight excluding hydrogens is 398 g/mol. The van der Waals surface area contributed by atoms with Crippen LogP contribution in [-0.2, 0) is 6.54 Å². The smallest absolute Gasteiger partial charge is 0.232 e. The molecule has 1 N–H and O–H groups in total. The van der Waals surface area contributed by atoms with Crippen molar-refractivity contribution in [2.24, 2.45) is 5.92 Å². The highest BCUT2D eigenvalue weighted by atomic mass is 32.1. The van der Waals surface area contributed by atoms with Crippen LogP contribution in [0.3, 0.4) is 0 Å². The Bertz CT molecular complexity index is 1070. The maximum atomic E-state index is 11.1. The van der Waals surface area contributed by atoms with E-state index in [0.29, 0.717) is 22.9 Å². The van der Waals surface area contributed by atoms with Crippen LogP contribution in [0.25, 0.3) is 10.2 Å². The second kappa shape index (κ2) is 8.70. The summed E-state index contributed by atoms with van der Waals surface area (Å²) in [6.07, 6.45) is 3.29. The van der Waals surface area contributed by atoms with Crippen molar-refractivity contribution in [2.75, 3.05) is 20.2 Å². The predicted molar refractivity (Wildman–Crippen MR) is 118 cm³/mol. The van der Waals surface area contributed by atoms with Gasteiger partial charge < -0.3 is 14.4 Å². The second-order valence-corrected chi connectivity index (χ2v) is 9.35. The van der Waals surface area contributed by atoms with Crippen molar-refractivity contribution in [2.45, 2.75) is 40.2 Å². The number of aromatic nitrogens is 2. The fourth-order valence-electron chi connectivity index (χ4n) is 3.92. The Morgan fingerprint density at radius 3 is 2.67 bits per heavy atom. The number of hydrogen-bond donors (Lipinski definition) is 1. The molecule has 1 aromatic carbocycles. The first-order valence-corrected chi connectivity index (χ1v) is 11.2. The topological polar surface area (TPSA) is 65.8 Å². The monoisotopic (exact) mass is 426 g/mol.